The number of methoxy groups -OCH3 is 1. The van der Waals surface area contributed by atoms with Crippen molar-refractivity contribution in [1.29, 1.82) is 0 Å². The number of halogens is 2. The lowest BCUT2D eigenvalue weighted by molar-refractivity contribution is 0.102. The van der Waals surface area contributed by atoms with E-state index in [1.54, 1.807) is 66.6 Å². The predicted octanol–water partition coefficient (Wildman–Crippen LogP) is 4.67. The van der Waals surface area contributed by atoms with Crippen molar-refractivity contribution < 1.29 is 14.3 Å². The van der Waals surface area contributed by atoms with Crippen LogP contribution in [0, 0.1) is 0 Å². The highest BCUT2D eigenvalue weighted by Gasteiger charge is 2.29. The molecule has 154 valence electrons. The molecule has 2 heterocycles. The maximum Gasteiger partial charge on any atom is 0.324 e. The summed E-state index contributed by atoms with van der Waals surface area (Å²) in [5.74, 6) is 0.0884. The summed E-state index contributed by atoms with van der Waals surface area (Å²) in [6.07, 6.45) is 1.60. The summed E-state index contributed by atoms with van der Waals surface area (Å²) in [4.78, 5) is 33.2. The number of nitrogens with one attached hydrogen (secondary N) is 1. The van der Waals surface area contributed by atoms with Gasteiger partial charge in [-0.25, -0.2) is 4.79 Å². The average molecular weight is 445 g/mol. The zero-order valence-electron chi connectivity index (χ0n) is 16.3. The van der Waals surface area contributed by atoms with Crippen LogP contribution in [0.3, 0.4) is 0 Å². The van der Waals surface area contributed by atoms with Gasteiger partial charge >= 0.3 is 6.03 Å². The van der Waals surface area contributed by atoms with Gasteiger partial charge in [-0.1, -0.05) is 29.3 Å². The summed E-state index contributed by atoms with van der Waals surface area (Å²) in [5.41, 5.74) is 1.79. The first-order valence-corrected chi connectivity index (χ1v) is 9.91. The standard InChI is InChI=1S/C21H18Cl2N4O3/c1-26-10-11-27(21(26)29)15-8-9-24-19-14(6-7-16(30-2)18(15)19)25-20(28)17-12(22)4-3-5-13(17)23/h3-9H,10-11H2,1-2H3,(H,25,28). The van der Waals surface area contributed by atoms with Crippen molar-refractivity contribution in [3.8, 4) is 5.75 Å². The van der Waals surface area contributed by atoms with Gasteiger partial charge in [0.05, 0.1) is 45.0 Å². The number of nitrogens with zero attached hydrogens (tertiary/aromatic N) is 3. The Balaban J connectivity index is 1.82. The van der Waals surface area contributed by atoms with Crippen LogP contribution in [-0.2, 0) is 0 Å². The van der Waals surface area contributed by atoms with E-state index in [1.165, 1.54) is 0 Å². The fourth-order valence-corrected chi connectivity index (χ4v) is 4.06. The quantitative estimate of drug-likeness (QED) is 0.633. The lowest BCUT2D eigenvalue weighted by Crippen LogP contribution is -2.29. The Morgan fingerprint density at radius 1 is 1.13 bits per heavy atom. The van der Waals surface area contributed by atoms with Gasteiger partial charge in [0.25, 0.3) is 5.91 Å². The smallest absolute Gasteiger partial charge is 0.324 e. The molecule has 0 spiro atoms. The molecule has 9 heteroatoms. The SMILES string of the molecule is COc1ccc(NC(=O)c2c(Cl)cccc2Cl)c2nccc(N3CCN(C)C3=O)c12. The van der Waals surface area contributed by atoms with E-state index in [9.17, 15) is 9.59 Å². The Morgan fingerprint density at radius 2 is 1.87 bits per heavy atom. The Kier molecular flexibility index (Phi) is 5.40. The number of fused-ring (bicyclic) bond motifs is 1. The van der Waals surface area contributed by atoms with Crippen LogP contribution in [0.25, 0.3) is 10.9 Å². The molecule has 1 saturated heterocycles. The highest BCUT2D eigenvalue weighted by molar-refractivity contribution is 6.40. The highest BCUT2D eigenvalue weighted by Crippen LogP contribution is 2.38. The second-order valence-corrected chi connectivity index (χ2v) is 7.59. The molecule has 0 aliphatic carbocycles. The number of pyridine rings is 1. The van der Waals surface area contributed by atoms with Crippen LogP contribution in [-0.4, -0.2) is 49.1 Å². The number of amides is 3. The molecule has 7 nitrogen and oxygen atoms in total. The van der Waals surface area contributed by atoms with E-state index < -0.39 is 5.91 Å². The van der Waals surface area contributed by atoms with Gasteiger partial charge in [-0.3, -0.25) is 14.7 Å². The van der Waals surface area contributed by atoms with Crippen LogP contribution < -0.4 is 15.0 Å². The van der Waals surface area contributed by atoms with E-state index in [-0.39, 0.29) is 21.6 Å². The summed E-state index contributed by atoms with van der Waals surface area (Å²) >= 11 is 12.3. The molecule has 0 atom stereocenters. The normalized spacial score (nSPS) is 13.8. The van der Waals surface area contributed by atoms with Crippen LogP contribution >= 0.6 is 23.2 Å². The molecule has 1 N–H and O–H groups in total. The Bertz CT molecular complexity index is 1150. The highest BCUT2D eigenvalue weighted by atomic mass is 35.5. The van der Waals surface area contributed by atoms with Gasteiger partial charge in [0.2, 0.25) is 0 Å². The number of carbonyl (C=O) groups excluding carboxylic acids is 2. The van der Waals surface area contributed by atoms with Crippen LogP contribution in [0.2, 0.25) is 10.0 Å². The molecule has 0 unspecified atom stereocenters. The van der Waals surface area contributed by atoms with E-state index in [1.807, 2.05) is 0 Å². The number of urea groups is 1. The average Bonchev–Trinajstić information content (AvgIpc) is 3.06. The molecule has 3 aromatic rings. The first-order chi connectivity index (χ1) is 14.4. The topological polar surface area (TPSA) is 74.8 Å². The first-order valence-electron chi connectivity index (χ1n) is 9.16. The summed E-state index contributed by atoms with van der Waals surface area (Å²) in [6, 6.07) is 9.93. The van der Waals surface area contributed by atoms with Gasteiger partial charge in [-0.05, 0) is 30.3 Å². The third-order valence-electron chi connectivity index (χ3n) is 5.00. The maximum atomic E-state index is 12.9. The minimum atomic E-state index is -0.457. The van der Waals surface area contributed by atoms with Gasteiger partial charge < -0.3 is 15.0 Å². The molecule has 1 aliphatic rings. The summed E-state index contributed by atoms with van der Waals surface area (Å²) < 4.78 is 5.53. The molecular weight excluding hydrogens is 427 g/mol. The van der Waals surface area contributed by atoms with Gasteiger partial charge in [0, 0.05) is 26.3 Å². The molecule has 4 rings (SSSR count). The molecular formula is C21H18Cl2N4O3. The van der Waals surface area contributed by atoms with Gasteiger partial charge in [-0.15, -0.1) is 0 Å². The zero-order chi connectivity index (χ0) is 21.4. The molecule has 1 fully saturated rings. The van der Waals surface area contributed by atoms with Gasteiger partial charge in [0.1, 0.15) is 5.75 Å². The van der Waals surface area contributed by atoms with Crippen LogP contribution in [0.5, 0.6) is 5.75 Å². The minimum absolute atomic E-state index is 0.109. The fourth-order valence-electron chi connectivity index (χ4n) is 3.49. The van der Waals surface area contributed by atoms with E-state index >= 15 is 0 Å². The molecule has 0 bridgehead atoms. The Morgan fingerprint density at radius 3 is 2.50 bits per heavy atom. The van der Waals surface area contributed by atoms with E-state index in [2.05, 4.69) is 10.3 Å². The number of anilines is 2. The number of rotatable bonds is 4. The second kappa shape index (κ2) is 8.01. The largest absolute Gasteiger partial charge is 0.496 e. The Labute approximate surface area is 183 Å². The Hall–Kier alpha value is -3.03. The van der Waals surface area contributed by atoms with Crippen LogP contribution in [0.4, 0.5) is 16.2 Å². The van der Waals surface area contributed by atoms with Crippen LogP contribution in [0.15, 0.2) is 42.6 Å². The summed E-state index contributed by atoms with van der Waals surface area (Å²) in [6.45, 7) is 1.16. The second-order valence-electron chi connectivity index (χ2n) is 6.78. The number of benzene rings is 2. The van der Waals surface area contributed by atoms with Gasteiger partial charge in [-0.2, -0.15) is 0 Å². The number of hydrogen-bond acceptors (Lipinski definition) is 4. The van der Waals surface area contributed by atoms with Crippen molar-refractivity contribution in [2.45, 2.75) is 0 Å². The lowest BCUT2D eigenvalue weighted by Gasteiger charge is -2.20. The number of ether oxygens (including phenoxy) is 1. The number of likely N-dealkylation sites (N-methyl/N-ethyl adjacent to an activating group) is 1. The van der Waals surface area contributed by atoms with Crippen LogP contribution in [0.1, 0.15) is 10.4 Å². The molecule has 2 aromatic carbocycles. The van der Waals surface area contributed by atoms with Crippen molar-refractivity contribution in [2.75, 3.05) is 37.5 Å². The van der Waals surface area contributed by atoms with Crippen molar-refractivity contribution in [3.05, 3.63) is 58.2 Å². The van der Waals surface area contributed by atoms with Crippen molar-refractivity contribution in [3.63, 3.8) is 0 Å². The summed E-state index contributed by atoms with van der Waals surface area (Å²) in [7, 11) is 3.30. The van der Waals surface area contributed by atoms with E-state index in [0.29, 0.717) is 41.1 Å². The van der Waals surface area contributed by atoms with Gasteiger partial charge in [0.15, 0.2) is 0 Å². The predicted molar refractivity (Wildman–Crippen MR) is 118 cm³/mol. The maximum absolute atomic E-state index is 12.9. The molecule has 1 aromatic heterocycles. The third kappa shape index (κ3) is 3.40. The lowest BCUT2D eigenvalue weighted by atomic mass is 10.1. The molecule has 0 saturated carbocycles. The molecule has 0 radical (unpaired) electrons. The number of carbonyl (C=O) groups is 2. The summed E-state index contributed by atoms with van der Waals surface area (Å²) in [5, 5.41) is 3.96. The minimum Gasteiger partial charge on any atom is -0.496 e. The zero-order valence-corrected chi connectivity index (χ0v) is 17.8. The molecule has 30 heavy (non-hydrogen) atoms. The van der Waals surface area contributed by atoms with Crippen molar-refractivity contribution in [1.82, 2.24) is 9.88 Å². The first kappa shape index (κ1) is 20.3. The van der Waals surface area contributed by atoms with E-state index in [4.69, 9.17) is 27.9 Å². The van der Waals surface area contributed by atoms with Crippen molar-refractivity contribution >= 4 is 57.4 Å². The molecule has 3 amide bonds. The fraction of sp³-hybridized carbons (Fsp3) is 0.190. The van der Waals surface area contributed by atoms with E-state index in [0.717, 1.165) is 0 Å². The monoisotopic (exact) mass is 444 g/mol. The number of hydrogen-bond donors (Lipinski definition) is 1. The number of aromatic nitrogens is 1. The van der Waals surface area contributed by atoms with Crippen molar-refractivity contribution in [2.24, 2.45) is 0 Å². The molecule has 1 aliphatic heterocycles. The third-order valence-corrected chi connectivity index (χ3v) is 5.63.